The Morgan fingerprint density at radius 3 is 0.932 bits per heavy atom. The van der Waals surface area contributed by atoms with Crippen molar-refractivity contribution in [2.24, 2.45) is 0 Å². The zero-order valence-electron chi connectivity index (χ0n) is 46.8. The Morgan fingerprint density at radius 2 is 0.595 bits per heavy atom. The predicted molar refractivity (Wildman–Crippen MR) is 318 cm³/mol. The SMILES string of the molecule is Cc1cc(C)c(N(c2cccc(C3(c4cccc(N(c5c(C)cc(C)c(C)c5C)c5c(C)cc(C)c(C)c5C)c4)c4ccccc4N(c4ccccc4)c4ccccc43)c2)c2c(C)cc(C)c(C)c2C)c(C)c1C. The van der Waals surface area contributed by atoms with Gasteiger partial charge >= 0.3 is 0 Å². The quantitative estimate of drug-likeness (QED) is 0.143. The molecule has 9 aromatic rings. The van der Waals surface area contributed by atoms with Crippen molar-refractivity contribution in [3.05, 3.63) is 263 Å². The molecule has 0 unspecified atom stereocenters. The van der Waals surface area contributed by atoms with Gasteiger partial charge < -0.3 is 14.7 Å². The van der Waals surface area contributed by atoms with Gasteiger partial charge in [0.15, 0.2) is 0 Å². The van der Waals surface area contributed by atoms with Crippen molar-refractivity contribution in [2.45, 2.75) is 116 Å². The first-order valence-corrected chi connectivity index (χ1v) is 26.5. The second-order valence-electron chi connectivity index (χ2n) is 21.7. The lowest BCUT2D eigenvalue weighted by atomic mass is 9.62. The van der Waals surface area contributed by atoms with Crippen LogP contribution in [0.5, 0.6) is 0 Å². The number of aryl methyl sites for hydroxylation is 8. The van der Waals surface area contributed by atoms with E-state index in [-0.39, 0.29) is 0 Å². The minimum absolute atomic E-state index is 0.789. The van der Waals surface area contributed by atoms with Crippen molar-refractivity contribution in [2.75, 3.05) is 14.7 Å². The third-order valence-corrected chi connectivity index (χ3v) is 17.3. The maximum atomic E-state index is 2.59. The number of fused-ring (bicyclic) bond motifs is 2. The van der Waals surface area contributed by atoms with Crippen LogP contribution in [0.15, 0.2) is 152 Å². The molecule has 0 atom stereocenters. The zero-order valence-corrected chi connectivity index (χ0v) is 46.8. The highest BCUT2D eigenvalue weighted by molar-refractivity contribution is 5.92. The predicted octanol–water partition coefficient (Wildman–Crippen LogP) is 19.7. The number of hydrogen-bond acceptors (Lipinski definition) is 3. The van der Waals surface area contributed by atoms with Crippen molar-refractivity contribution in [1.82, 2.24) is 0 Å². The molecular weight excluding hydrogens is 895 g/mol. The van der Waals surface area contributed by atoms with E-state index in [4.69, 9.17) is 0 Å². The number of nitrogens with zero attached hydrogens (tertiary/aromatic N) is 3. The first kappa shape index (κ1) is 49.9. The van der Waals surface area contributed by atoms with Gasteiger partial charge in [-0.15, -0.1) is 0 Å². The van der Waals surface area contributed by atoms with E-state index in [1.807, 2.05) is 0 Å². The summed E-state index contributed by atoms with van der Waals surface area (Å²) < 4.78 is 0. The lowest BCUT2D eigenvalue weighted by Crippen LogP contribution is -2.38. The highest BCUT2D eigenvalue weighted by atomic mass is 15.2. The number of anilines is 9. The standard InChI is InChI=1S/C71H73N3/c1-42-36-46(5)67(54(13)50(42)9)73(68-47(6)37-43(2)51(10)55(68)14)61-30-24-26-58(40-61)71(63-32-20-22-34-65(63)72(60-28-18-17-19-29-60)66-35-23-21-33-64(66)71)59-27-25-31-62(41-59)74(69-48(7)38-44(3)52(11)56(69)15)70-49(8)39-45(4)53(12)57(70)16/h17-41H,1-16H3. The van der Waals surface area contributed by atoms with E-state index in [0.29, 0.717) is 0 Å². The number of para-hydroxylation sites is 3. The van der Waals surface area contributed by atoms with E-state index in [2.05, 4.69) is 277 Å². The number of benzene rings is 9. The molecular formula is C71H73N3. The van der Waals surface area contributed by atoms with Crippen LogP contribution < -0.4 is 14.7 Å². The van der Waals surface area contributed by atoms with Gasteiger partial charge in [-0.3, -0.25) is 0 Å². The Labute approximate surface area is 442 Å². The van der Waals surface area contributed by atoms with E-state index in [1.165, 1.54) is 134 Å². The molecule has 0 saturated carbocycles. The molecule has 0 aliphatic carbocycles. The Balaban J connectivity index is 1.35. The summed E-state index contributed by atoms with van der Waals surface area (Å²) in [7, 11) is 0. The Hall–Kier alpha value is -7.62. The fourth-order valence-electron chi connectivity index (χ4n) is 12.8. The van der Waals surface area contributed by atoms with Gasteiger partial charge in [-0.1, -0.05) is 103 Å². The van der Waals surface area contributed by atoms with Crippen LogP contribution in [0.25, 0.3) is 0 Å². The highest BCUT2D eigenvalue weighted by Crippen LogP contribution is 2.59. The van der Waals surface area contributed by atoms with Crippen LogP contribution in [0.1, 0.15) is 111 Å². The molecule has 74 heavy (non-hydrogen) atoms. The summed E-state index contributed by atoms with van der Waals surface area (Å²) >= 11 is 0. The van der Waals surface area contributed by atoms with Crippen LogP contribution in [0, 0.1) is 111 Å². The van der Waals surface area contributed by atoms with Crippen LogP contribution in [0.3, 0.4) is 0 Å². The van der Waals surface area contributed by atoms with E-state index in [1.54, 1.807) is 0 Å². The minimum atomic E-state index is -0.789. The molecule has 0 fully saturated rings. The zero-order chi connectivity index (χ0) is 52.7. The number of hydrogen-bond donors (Lipinski definition) is 0. The normalized spacial score (nSPS) is 12.7. The molecule has 10 rings (SSSR count). The van der Waals surface area contributed by atoms with Gasteiger partial charge in [0.25, 0.3) is 0 Å². The molecule has 9 aromatic carbocycles. The lowest BCUT2D eigenvalue weighted by Gasteiger charge is -2.47. The van der Waals surface area contributed by atoms with E-state index >= 15 is 0 Å². The van der Waals surface area contributed by atoms with E-state index < -0.39 is 5.41 Å². The summed E-state index contributed by atoms with van der Waals surface area (Å²) in [6.07, 6.45) is 0. The van der Waals surface area contributed by atoms with Crippen LogP contribution in [0.4, 0.5) is 51.2 Å². The average molecular weight is 968 g/mol. The summed E-state index contributed by atoms with van der Waals surface area (Å²) in [5, 5.41) is 0. The van der Waals surface area contributed by atoms with E-state index in [0.717, 1.165) is 28.4 Å². The first-order chi connectivity index (χ1) is 35.4. The third kappa shape index (κ3) is 7.78. The van der Waals surface area contributed by atoms with Crippen molar-refractivity contribution < 1.29 is 0 Å². The molecule has 0 saturated heterocycles. The van der Waals surface area contributed by atoms with Gasteiger partial charge in [-0.05, 0) is 271 Å². The van der Waals surface area contributed by atoms with Gasteiger partial charge in [0.1, 0.15) is 0 Å². The maximum absolute atomic E-state index is 2.59. The van der Waals surface area contributed by atoms with Gasteiger partial charge in [0.05, 0.1) is 39.5 Å². The van der Waals surface area contributed by atoms with Crippen LogP contribution in [0.2, 0.25) is 0 Å². The molecule has 1 aliphatic rings. The first-order valence-electron chi connectivity index (χ1n) is 26.5. The molecule has 1 aliphatic heterocycles. The smallest absolute Gasteiger partial charge is 0.0743 e. The summed E-state index contributed by atoms with van der Waals surface area (Å²) in [5.74, 6) is 0. The molecule has 3 heteroatoms. The molecule has 0 radical (unpaired) electrons. The third-order valence-electron chi connectivity index (χ3n) is 17.3. The molecule has 1 heterocycles. The van der Waals surface area contributed by atoms with Crippen molar-refractivity contribution in [3.63, 3.8) is 0 Å². The van der Waals surface area contributed by atoms with Gasteiger partial charge in [-0.2, -0.15) is 0 Å². The van der Waals surface area contributed by atoms with Gasteiger partial charge in [0.2, 0.25) is 0 Å². The highest BCUT2D eigenvalue weighted by Gasteiger charge is 2.47. The summed E-state index contributed by atoms with van der Waals surface area (Å²) in [6.45, 7) is 36.5. The fourth-order valence-corrected chi connectivity index (χ4v) is 12.8. The molecule has 3 nitrogen and oxygen atoms in total. The molecule has 0 aromatic heterocycles. The second-order valence-corrected chi connectivity index (χ2v) is 21.7. The molecule has 0 bridgehead atoms. The second kappa shape index (κ2) is 19.0. The Kier molecular flexibility index (Phi) is 12.8. The number of rotatable bonds is 9. The topological polar surface area (TPSA) is 9.72 Å². The monoisotopic (exact) mass is 968 g/mol. The fraction of sp³-hybridized carbons (Fsp3) is 0.239. The summed E-state index contributed by atoms with van der Waals surface area (Å²) in [5.41, 5.74) is 35.5. The summed E-state index contributed by atoms with van der Waals surface area (Å²) in [6, 6.07) is 57.9. The van der Waals surface area contributed by atoms with E-state index in [9.17, 15) is 0 Å². The molecule has 372 valence electrons. The van der Waals surface area contributed by atoms with Crippen molar-refractivity contribution in [1.29, 1.82) is 0 Å². The maximum Gasteiger partial charge on any atom is 0.0743 e. The van der Waals surface area contributed by atoms with Gasteiger partial charge in [-0.25, -0.2) is 0 Å². The van der Waals surface area contributed by atoms with Crippen molar-refractivity contribution in [3.8, 4) is 0 Å². The molecule has 0 N–H and O–H groups in total. The minimum Gasteiger partial charge on any atom is -0.310 e. The molecule has 0 spiro atoms. The Morgan fingerprint density at radius 1 is 0.284 bits per heavy atom. The van der Waals surface area contributed by atoms with Crippen LogP contribution >= 0.6 is 0 Å². The Bertz CT molecular complexity index is 3350. The average Bonchev–Trinajstić information content (AvgIpc) is 3.39. The van der Waals surface area contributed by atoms with Crippen LogP contribution in [-0.4, -0.2) is 0 Å². The largest absolute Gasteiger partial charge is 0.310 e. The van der Waals surface area contributed by atoms with Crippen molar-refractivity contribution >= 4 is 51.2 Å². The summed E-state index contributed by atoms with van der Waals surface area (Å²) in [4.78, 5) is 7.66. The lowest BCUT2D eigenvalue weighted by molar-refractivity contribution is 0.731. The molecule has 0 amide bonds. The van der Waals surface area contributed by atoms with Gasteiger partial charge in [0, 0.05) is 17.1 Å². The van der Waals surface area contributed by atoms with Crippen LogP contribution in [-0.2, 0) is 5.41 Å².